The second-order valence-corrected chi connectivity index (χ2v) is 19.2. The number of hydrazine groups is 6. The molecule has 2 aromatic heterocycles. The van der Waals surface area contributed by atoms with E-state index in [2.05, 4.69) is 48.1 Å². The Bertz CT molecular complexity index is 2330. The molecule has 3 aromatic rings. The number of nitrogens with zero attached hydrogens (tertiary/aromatic N) is 2. The molecule has 3 heterocycles. The molecular formula is C40H54F3N11O9S2. The van der Waals surface area contributed by atoms with E-state index in [4.69, 9.17) is 20.1 Å². The number of nitrogens with two attached hydrogens (primary N) is 1. The van der Waals surface area contributed by atoms with E-state index >= 15 is 0 Å². The second kappa shape index (κ2) is 21.9. The minimum absolute atomic E-state index is 0.0301. The molecule has 0 spiro atoms. The summed E-state index contributed by atoms with van der Waals surface area (Å²) in [5.74, 6) is 2.74. The van der Waals surface area contributed by atoms with Crippen LogP contribution in [0.1, 0.15) is 77.9 Å². The molecule has 0 bridgehead atoms. The maximum atomic E-state index is 14.6. The summed E-state index contributed by atoms with van der Waals surface area (Å²) in [7, 11) is -2.16. The van der Waals surface area contributed by atoms with Gasteiger partial charge in [-0.05, 0) is 82.6 Å². The first-order valence-electron chi connectivity index (χ1n) is 21.0. The minimum Gasteiger partial charge on any atom is -0.496 e. The van der Waals surface area contributed by atoms with E-state index in [9.17, 15) is 40.8 Å². The van der Waals surface area contributed by atoms with E-state index in [1.807, 2.05) is 19.1 Å². The summed E-state index contributed by atoms with van der Waals surface area (Å²) in [4.78, 5) is 61.2. The van der Waals surface area contributed by atoms with Gasteiger partial charge in [0, 0.05) is 34.2 Å². The van der Waals surface area contributed by atoms with Crippen LogP contribution < -0.4 is 63.2 Å². The van der Waals surface area contributed by atoms with Gasteiger partial charge in [-0.1, -0.05) is 25.0 Å². The van der Waals surface area contributed by atoms with Crippen molar-refractivity contribution in [1.82, 2.24) is 53.0 Å². The molecule has 5 atom stereocenters. The summed E-state index contributed by atoms with van der Waals surface area (Å²) >= 11 is 1.26. The number of carbonyl (C=O) groups excluding carboxylic acids is 4. The Morgan fingerprint density at radius 1 is 1.00 bits per heavy atom. The molecule has 3 aliphatic rings. The number of rotatable bonds is 24. The number of hydrogen-bond donors (Lipinski definition) is 9. The number of sulfonamides is 1. The molecule has 0 unspecified atom stereocenters. The summed E-state index contributed by atoms with van der Waals surface area (Å²) in [6.07, 6.45) is 2.79. The number of aromatic nitrogens is 1. The predicted octanol–water partition coefficient (Wildman–Crippen LogP) is 2.27. The Labute approximate surface area is 377 Å². The Morgan fingerprint density at radius 3 is 2.46 bits per heavy atom. The zero-order chi connectivity index (χ0) is 46.9. The third-order valence-electron chi connectivity index (χ3n) is 11.0. The molecule has 4 amide bonds. The van der Waals surface area contributed by atoms with Crippen LogP contribution in [0, 0.1) is 25.7 Å². The van der Waals surface area contributed by atoms with E-state index in [0.29, 0.717) is 60.1 Å². The Morgan fingerprint density at radius 2 is 1.77 bits per heavy atom. The van der Waals surface area contributed by atoms with Crippen molar-refractivity contribution in [2.24, 2.45) is 17.7 Å². The number of ether oxygens (including phenoxy) is 3. The van der Waals surface area contributed by atoms with E-state index in [1.165, 1.54) is 29.4 Å². The average molecular weight is 954 g/mol. The summed E-state index contributed by atoms with van der Waals surface area (Å²) in [6.45, 7) is 1.76. The number of amides is 4. The molecule has 0 radical (unpaired) electrons. The number of pyridine rings is 1. The van der Waals surface area contributed by atoms with Crippen LogP contribution in [0.25, 0.3) is 10.9 Å². The number of allylic oxidation sites excluding steroid dienone is 2. The van der Waals surface area contributed by atoms with Crippen LogP contribution in [0.5, 0.6) is 17.4 Å². The monoisotopic (exact) mass is 953 g/mol. The highest BCUT2D eigenvalue weighted by molar-refractivity contribution is 7.90. The van der Waals surface area contributed by atoms with Gasteiger partial charge in [-0.2, -0.15) is 40.8 Å². The Balaban J connectivity index is 1.16. The van der Waals surface area contributed by atoms with Gasteiger partial charge in [0.1, 0.15) is 29.7 Å². The van der Waals surface area contributed by atoms with Crippen molar-refractivity contribution in [1.29, 1.82) is 0 Å². The van der Waals surface area contributed by atoms with Crippen molar-refractivity contribution in [3.8, 4) is 17.4 Å². The molecule has 6 rings (SSSR count). The minimum atomic E-state index is -4.65. The van der Waals surface area contributed by atoms with Crippen molar-refractivity contribution in [3.05, 3.63) is 57.8 Å². The van der Waals surface area contributed by atoms with Crippen molar-refractivity contribution in [2.75, 3.05) is 20.3 Å². The highest BCUT2D eigenvalue weighted by Crippen LogP contribution is 2.41. The van der Waals surface area contributed by atoms with Crippen LogP contribution in [-0.2, 0) is 24.4 Å². The lowest BCUT2D eigenvalue weighted by atomic mass is 10.0. The highest BCUT2D eigenvalue weighted by atomic mass is 32.2. The number of likely N-dealkylation sites (tertiary alicyclic amines) is 1. The first-order chi connectivity index (χ1) is 31.0. The number of halogens is 3. The molecule has 1 saturated heterocycles. The van der Waals surface area contributed by atoms with Gasteiger partial charge in [0.2, 0.25) is 27.7 Å². The van der Waals surface area contributed by atoms with Crippen LogP contribution >= 0.6 is 11.3 Å². The number of nitrogens with one attached hydrogen (secondary N) is 8. The van der Waals surface area contributed by atoms with Crippen molar-refractivity contribution in [3.63, 3.8) is 0 Å². The summed E-state index contributed by atoms with van der Waals surface area (Å²) < 4.78 is 83.0. The predicted molar refractivity (Wildman–Crippen MR) is 231 cm³/mol. The van der Waals surface area contributed by atoms with Gasteiger partial charge in [0.15, 0.2) is 6.61 Å². The van der Waals surface area contributed by atoms with Crippen LogP contribution in [0.2, 0.25) is 0 Å². The van der Waals surface area contributed by atoms with Crippen molar-refractivity contribution in [2.45, 2.75) is 101 Å². The fourth-order valence-corrected chi connectivity index (χ4v) is 9.57. The lowest BCUT2D eigenvalue weighted by Crippen LogP contribution is -2.62. The molecule has 25 heteroatoms. The number of alkyl halides is 3. The van der Waals surface area contributed by atoms with Gasteiger partial charge in [-0.15, -0.1) is 11.3 Å². The Kier molecular flexibility index (Phi) is 16.6. The number of carbonyl (C=O) groups is 4. The van der Waals surface area contributed by atoms with Crippen molar-refractivity contribution >= 4 is 55.9 Å². The van der Waals surface area contributed by atoms with Gasteiger partial charge in [0.05, 0.1) is 29.3 Å². The number of thiophene rings is 1. The van der Waals surface area contributed by atoms with Crippen LogP contribution in [-0.4, -0.2) is 91.8 Å². The number of hydrogen-bond acceptors (Lipinski definition) is 17. The SMILES string of the molecule is COc1ccc2c(O[C@@H]3C[C@@H](C(=O)NNNNNNN)N(C(=O)[C@H](CCCCC/C=C\[C@@H]4C[C@@H]4C(=O)NS(=O)(=O)C4CC4)NC(=O)c4ccc(C)s4)C3)cc(OCC(F)(F)F)nc2c1C. The highest BCUT2D eigenvalue weighted by Gasteiger charge is 2.46. The second-order valence-electron chi connectivity index (χ2n) is 16.0. The molecule has 1 aromatic carbocycles. The Hall–Kier alpha value is -5.15. The first kappa shape index (κ1) is 49.3. The van der Waals surface area contributed by atoms with E-state index in [1.54, 1.807) is 31.2 Å². The molecule has 65 heavy (non-hydrogen) atoms. The van der Waals surface area contributed by atoms with Crippen LogP contribution in [0.3, 0.4) is 0 Å². The average Bonchev–Trinajstić information content (AvgIpc) is 4.18. The largest absolute Gasteiger partial charge is 0.496 e. The van der Waals surface area contributed by atoms with Gasteiger partial charge < -0.3 is 24.4 Å². The smallest absolute Gasteiger partial charge is 0.422 e. The fraction of sp³-hybridized carbons (Fsp3) is 0.525. The molecule has 10 N–H and O–H groups in total. The third-order valence-corrected chi connectivity index (χ3v) is 13.8. The number of benzene rings is 1. The van der Waals surface area contributed by atoms with Gasteiger partial charge >= 0.3 is 6.18 Å². The van der Waals surface area contributed by atoms with E-state index in [-0.39, 0.29) is 48.4 Å². The summed E-state index contributed by atoms with van der Waals surface area (Å²) in [5.41, 5.74) is 14.9. The maximum Gasteiger partial charge on any atom is 0.422 e. The topological polar surface area (TPSA) is 268 Å². The molecule has 2 saturated carbocycles. The molecule has 356 valence electrons. The van der Waals surface area contributed by atoms with Gasteiger partial charge in [-0.25, -0.2) is 13.4 Å². The number of methoxy groups -OCH3 is 1. The summed E-state index contributed by atoms with van der Waals surface area (Å²) in [6, 6.07) is 5.72. The molecule has 1 aliphatic heterocycles. The quantitative estimate of drug-likeness (QED) is 0.0270. The van der Waals surface area contributed by atoms with Crippen molar-refractivity contribution < 1.29 is 55.0 Å². The summed E-state index contributed by atoms with van der Waals surface area (Å²) in [5, 5.41) is 2.82. The zero-order valence-corrected chi connectivity index (χ0v) is 37.5. The molecule has 3 fully saturated rings. The fourth-order valence-electron chi connectivity index (χ4n) is 7.44. The molecular weight excluding hydrogens is 900 g/mol. The lowest BCUT2D eigenvalue weighted by molar-refractivity contribution is -0.154. The third kappa shape index (κ3) is 13.7. The van der Waals surface area contributed by atoms with Gasteiger partial charge in [-0.3, -0.25) is 35.2 Å². The normalized spacial score (nSPS) is 20.1. The number of fused-ring (bicyclic) bond motifs is 1. The molecule has 20 nitrogen and oxygen atoms in total. The van der Waals surface area contributed by atoms with E-state index in [0.717, 1.165) is 11.3 Å². The molecule has 2 aliphatic carbocycles. The zero-order valence-electron chi connectivity index (χ0n) is 35.9. The van der Waals surface area contributed by atoms with Crippen LogP contribution in [0.15, 0.2) is 42.5 Å². The number of aryl methyl sites for hydroxylation is 2. The number of unbranched alkanes of at least 4 members (excludes halogenated alkanes) is 3. The standard InChI is InChI=1S/C40H54F3N11O9S2/c1-22-11-16-33(64-22)38(57)45-29(10-8-6-4-5-7-9-24-17-28(24)36(55)48-65(59,60)26-12-13-26)39(58)54-20-25(18-30(54)37(56)47-50-52-53-51-49-44)63-32-19-34(62-21-40(41,42)43)46-35-23(2)31(61-3)15-14-27(32)35/h7,9,11,14-16,19,24-26,28-30,49-53H,4-6,8,10,12-13,17-18,20-21,44H2,1-3H3,(H,45,57)(H,47,56)(H,48,55)/b9-7-/t24-,25-,28+,29+,30+/m1/s1. The van der Waals surface area contributed by atoms with Gasteiger partial charge in [0.25, 0.3) is 11.8 Å². The maximum absolute atomic E-state index is 14.6. The van der Waals surface area contributed by atoms with E-state index < -0.39 is 69.9 Å². The van der Waals surface area contributed by atoms with Crippen LogP contribution in [0.4, 0.5) is 13.2 Å². The lowest BCUT2D eigenvalue weighted by Gasteiger charge is -2.28. The first-order valence-corrected chi connectivity index (χ1v) is 23.3.